The fraction of sp³-hybridized carbons (Fsp3) is 0.625. The van der Waals surface area contributed by atoms with E-state index in [2.05, 4.69) is 26.1 Å². The molecule has 1 aromatic carbocycles. The molecule has 19 heavy (non-hydrogen) atoms. The number of benzene rings is 1. The van der Waals surface area contributed by atoms with E-state index in [0.717, 1.165) is 25.8 Å². The maximum Gasteiger partial charge on any atom is 0.128 e. The summed E-state index contributed by atoms with van der Waals surface area (Å²) in [5, 5.41) is 3.36. The van der Waals surface area contributed by atoms with E-state index in [1.807, 2.05) is 12.1 Å². The normalized spacial score (nSPS) is 14.3. The van der Waals surface area contributed by atoms with Gasteiger partial charge in [0.1, 0.15) is 5.82 Å². The van der Waals surface area contributed by atoms with Gasteiger partial charge in [-0.05, 0) is 32.4 Å². The second-order valence-electron chi connectivity index (χ2n) is 4.96. The van der Waals surface area contributed by atoms with Crippen molar-refractivity contribution in [2.45, 2.75) is 52.2 Å². The number of halogens is 1. The maximum absolute atomic E-state index is 13.8. The third kappa shape index (κ3) is 5.70. The van der Waals surface area contributed by atoms with Crippen LogP contribution >= 0.6 is 0 Å². The molecular formula is C16H26FNO. The minimum Gasteiger partial charge on any atom is -0.377 e. The molecule has 3 heteroatoms. The highest BCUT2D eigenvalue weighted by Crippen LogP contribution is 2.18. The smallest absolute Gasteiger partial charge is 0.128 e. The van der Waals surface area contributed by atoms with Crippen LogP contribution in [-0.2, 0) is 4.74 Å². The number of ether oxygens (including phenoxy) is 1. The second kappa shape index (κ2) is 9.05. The summed E-state index contributed by atoms with van der Waals surface area (Å²) < 4.78 is 19.7. The summed E-state index contributed by atoms with van der Waals surface area (Å²) in [6.45, 7) is 7.70. The van der Waals surface area contributed by atoms with Crippen LogP contribution in [0.4, 0.5) is 4.39 Å². The van der Waals surface area contributed by atoms with E-state index < -0.39 is 0 Å². The minimum atomic E-state index is -0.164. The first-order chi connectivity index (χ1) is 9.19. The van der Waals surface area contributed by atoms with Crippen molar-refractivity contribution >= 4 is 0 Å². The predicted octanol–water partition coefficient (Wildman–Crippen LogP) is 4.07. The van der Waals surface area contributed by atoms with Gasteiger partial charge in [0.2, 0.25) is 0 Å². The summed E-state index contributed by atoms with van der Waals surface area (Å²) in [5.74, 6) is -0.164. The summed E-state index contributed by atoms with van der Waals surface area (Å²) >= 11 is 0. The summed E-state index contributed by atoms with van der Waals surface area (Å²) in [4.78, 5) is 0. The molecule has 0 aliphatic heterocycles. The van der Waals surface area contributed by atoms with E-state index in [1.165, 1.54) is 6.07 Å². The average Bonchev–Trinajstić information content (AvgIpc) is 2.40. The minimum absolute atomic E-state index is 0.0690. The van der Waals surface area contributed by atoms with E-state index >= 15 is 0 Å². The highest BCUT2D eigenvalue weighted by atomic mass is 19.1. The number of hydrogen-bond donors (Lipinski definition) is 1. The van der Waals surface area contributed by atoms with Gasteiger partial charge in [-0.2, -0.15) is 0 Å². The van der Waals surface area contributed by atoms with Crippen molar-refractivity contribution in [3.05, 3.63) is 35.6 Å². The molecule has 0 aromatic heterocycles. The van der Waals surface area contributed by atoms with Crippen molar-refractivity contribution in [1.29, 1.82) is 0 Å². The van der Waals surface area contributed by atoms with Gasteiger partial charge in [0.05, 0.1) is 18.8 Å². The van der Waals surface area contributed by atoms with Crippen LogP contribution in [0.3, 0.4) is 0 Å². The molecule has 0 aliphatic rings. The lowest BCUT2D eigenvalue weighted by Crippen LogP contribution is -2.28. The quantitative estimate of drug-likeness (QED) is 0.728. The fourth-order valence-electron chi connectivity index (χ4n) is 2.09. The Bertz CT molecular complexity index is 356. The van der Waals surface area contributed by atoms with Crippen LogP contribution in [0.2, 0.25) is 0 Å². The molecule has 108 valence electrons. The molecule has 0 spiro atoms. The summed E-state index contributed by atoms with van der Waals surface area (Å²) in [6, 6.07) is 6.85. The van der Waals surface area contributed by atoms with Gasteiger partial charge < -0.3 is 10.1 Å². The predicted molar refractivity (Wildman–Crippen MR) is 77.8 cm³/mol. The molecule has 0 radical (unpaired) electrons. The van der Waals surface area contributed by atoms with Crippen LogP contribution in [0.15, 0.2) is 24.3 Å². The van der Waals surface area contributed by atoms with Gasteiger partial charge in [0.25, 0.3) is 0 Å². The van der Waals surface area contributed by atoms with Crippen molar-refractivity contribution in [3.8, 4) is 0 Å². The Kier molecular flexibility index (Phi) is 7.68. The Morgan fingerprint density at radius 3 is 2.58 bits per heavy atom. The number of hydrogen-bond acceptors (Lipinski definition) is 2. The van der Waals surface area contributed by atoms with E-state index in [9.17, 15) is 4.39 Å². The molecule has 1 rings (SSSR count). The van der Waals surface area contributed by atoms with Crippen molar-refractivity contribution in [3.63, 3.8) is 0 Å². The molecule has 0 fully saturated rings. The second-order valence-corrected chi connectivity index (χ2v) is 4.96. The van der Waals surface area contributed by atoms with Gasteiger partial charge in [-0.3, -0.25) is 0 Å². The monoisotopic (exact) mass is 267 g/mol. The molecule has 0 aliphatic carbocycles. The van der Waals surface area contributed by atoms with Crippen LogP contribution in [0.5, 0.6) is 0 Å². The molecule has 2 unspecified atom stereocenters. The van der Waals surface area contributed by atoms with Crippen LogP contribution in [0, 0.1) is 5.82 Å². The van der Waals surface area contributed by atoms with Gasteiger partial charge >= 0.3 is 0 Å². The zero-order chi connectivity index (χ0) is 14.1. The van der Waals surface area contributed by atoms with Crippen LogP contribution in [0.1, 0.15) is 51.6 Å². The average molecular weight is 267 g/mol. The zero-order valence-electron chi connectivity index (χ0n) is 12.3. The first-order valence-corrected chi connectivity index (χ1v) is 7.28. The molecule has 0 heterocycles. The van der Waals surface area contributed by atoms with Crippen molar-refractivity contribution in [2.75, 3.05) is 13.2 Å². The van der Waals surface area contributed by atoms with Gasteiger partial charge in [-0.15, -0.1) is 0 Å². The summed E-state index contributed by atoms with van der Waals surface area (Å²) in [6.07, 6.45) is 3.39. The van der Waals surface area contributed by atoms with Crippen LogP contribution in [-0.4, -0.2) is 19.3 Å². The molecule has 1 N–H and O–H groups in total. The van der Waals surface area contributed by atoms with Gasteiger partial charge in [0.15, 0.2) is 0 Å². The van der Waals surface area contributed by atoms with E-state index in [-0.39, 0.29) is 18.0 Å². The van der Waals surface area contributed by atoms with Crippen molar-refractivity contribution in [2.24, 2.45) is 0 Å². The Morgan fingerprint density at radius 2 is 1.95 bits per heavy atom. The lowest BCUT2D eigenvalue weighted by Gasteiger charge is -2.22. The molecule has 0 amide bonds. The standard InChI is InChI=1S/C16H26FNO/c1-4-8-13(3)19-12-16(18-11-5-2)14-9-6-7-10-15(14)17/h6-7,9-10,13,16,18H,4-5,8,11-12H2,1-3H3. The van der Waals surface area contributed by atoms with E-state index in [4.69, 9.17) is 4.74 Å². The Hall–Kier alpha value is -0.930. The molecule has 0 bridgehead atoms. The highest BCUT2D eigenvalue weighted by molar-refractivity contribution is 5.21. The number of nitrogens with one attached hydrogen (secondary N) is 1. The first-order valence-electron chi connectivity index (χ1n) is 7.28. The third-order valence-corrected chi connectivity index (χ3v) is 3.16. The zero-order valence-corrected chi connectivity index (χ0v) is 12.3. The Balaban J connectivity index is 2.64. The Morgan fingerprint density at radius 1 is 1.21 bits per heavy atom. The lowest BCUT2D eigenvalue weighted by atomic mass is 10.1. The van der Waals surface area contributed by atoms with Crippen molar-refractivity contribution < 1.29 is 9.13 Å². The van der Waals surface area contributed by atoms with Crippen LogP contribution < -0.4 is 5.32 Å². The van der Waals surface area contributed by atoms with Crippen LogP contribution in [0.25, 0.3) is 0 Å². The van der Waals surface area contributed by atoms with Gasteiger partial charge in [-0.25, -0.2) is 4.39 Å². The van der Waals surface area contributed by atoms with E-state index in [0.29, 0.717) is 12.2 Å². The fourth-order valence-corrected chi connectivity index (χ4v) is 2.09. The molecule has 2 nitrogen and oxygen atoms in total. The number of rotatable bonds is 9. The topological polar surface area (TPSA) is 21.3 Å². The maximum atomic E-state index is 13.8. The molecular weight excluding hydrogens is 241 g/mol. The van der Waals surface area contributed by atoms with Gasteiger partial charge in [0, 0.05) is 5.56 Å². The van der Waals surface area contributed by atoms with Crippen molar-refractivity contribution in [1.82, 2.24) is 5.32 Å². The highest BCUT2D eigenvalue weighted by Gasteiger charge is 2.16. The molecule has 0 saturated heterocycles. The van der Waals surface area contributed by atoms with Gasteiger partial charge in [-0.1, -0.05) is 38.5 Å². The van der Waals surface area contributed by atoms with E-state index in [1.54, 1.807) is 6.07 Å². The largest absolute Gasteiger partial charge is 0.377 e. The summed E-state index contributed by atoms with van der Waals surface area (Å²) in [7, 11) is 0. The molecule has 0 saturated carbocycles. The molecule has 2 atom stereocenters. The summed E-state index contributed by atoms with van der Waals surface area (Å²) in [5.41, 5.74) is 0.694. The lowest BCUT2D eigenvalue weighted by molar-refractivity contribution is 0.0434. The molecule has 1 aromatic rings. The SMILES string of the molecule is CCCNC(COC(C)CCC)c1ccccc1F. The third-order valence-electron chi connectivity index (χ3n) is 3.16. The Labute approximate surface area is 116 Å². The first kappa shape index (κ1) is 16.1.